The Kier molecular flexibility index (Phi) is 2.36. The maximum Gasteiger partial charge on any atom is 0.138 e. The highest BCUT2D eigenvalue weighted by atomic mass is 79.9. The first-order chi connectivity index (χ1) is 6.47. The van der Waals surface area contributed by atoms with Gasteiger partial charge in [0.25, 0.3) is 0 Å². The highest BCUT2D eigenvalue weighted by molar-refractivity contribution is 9.10. The van der Waals surface area contributed by atoms with Crippen molar-refractivity contribution in [1.82, 2.24) is 9.38 Å². The van der Waals surface area contributed by atoms with Crippen LogP contribution < -0.4 is 0 Å². The fourth-order valence-corrected chi connectivity index (χ4v) is 1.61. The van der Waals surface area contributed by atoms with Crippen molar-refractivity contribution in [2.45, 2.75) is 11.7 Å². The van der Waals surface area contributed by atoms with Crippen LogP contribution >= 0.6 is 27.5 Å². The molecule has 0 aromatic carbocycles. The second-order valence-electron chi connectivity index (χ2n) is 3.31. The highest BCUT2D eigenvalue weighted by Crippen LogP contribution is 2.24. The zero-order valence-corrected chi connectivity index (χ0v) is 9.88. The van der Waals surface area contributed by atoms with E-state index in [0.29, 0.717) is 5.69 Å². The Balaban J connectivity index is 2.63. The topological polar surface area (TPSA) is 17.3 Å². The van der Waals surface area contributed by atoms with Gasteiger partial charge >= 0.3 is 0 Å². The monoisotopic (exact) mass is 268 g/mol. The minimum absolute atomic E-state index is 0.664. The largest absolute Gasteiger partial charge is 0.307 e. The number of rotatable bonds is 1. The van der Waals surface area contributed by atoms with Gasteiger partial charge in [-0.05, 0) is 19.1 Å². The van der Waals surface area contributed by atoms with E-state index in [-0.39, 0.29) is 0 Å². The van der Waals surface area contributed by atoms with E-state index in [9.17, 15) is 0 Å². The molecule has 0 N–H and O–H groups in total. The van der Waals surface area contributed by atoms with Crippen molar-refractivity contribution >= 4 is 41.0 Å². The number of nitrogens with zero attached hydrogens (tertiary/aromatic N) is 2. The van der Waals surface area contributed by atoms with Gasteiger partial charge in [-0.3, -0.25) is 0 Å². The Morgan fingerprint density at radius 2 is 2.36 bits per heavy atom. The molecule has 1 atom stereocenters. The predicted octanol–water partition coefficient (Wildman–Crippen LogP) is 2.68. The van der Waals surface area contributed by atoms with Gasteiger partial charge in [-0.15, -0.1) is 11.6 Å². The van der Waals surface area contributed by atoms with E-state index in [1.807, 2.05) is 28.9 Å². The van der Waals surface area contributed by atoms with Crippen LogP contribution in [0.1, 0.15) is 12.6 Å². The number of hydrogen-bond donors (Lipinski definition) is 0. The summed E-state index contributed by atoms with van der Waals surface area (Å²) in [4.78, 5) is 4.32. The summed E-state index contributed by atoms with van der Waals surface area (Å²) in [5.41, 5.74) is 1.49. The summed E-state index contributed by atoms with van der Waals surface area (Å²) in [7, 11) is 5.74. The first kappa shape index (κ1) is 10.1. The number of pyridine rings is 1. The molecule has 0 amide bonds. The van der Waals surface area contributed by atoms with Gasteiger partial charge in [-0.25, -0.2) is 4.98 Å². The lowest BCUT2D eigenvalue weighted by Crippen LogP contribution is -2.13. The second kappa shape index (κ2) is 3.28. The predicted molar refractivity (Wildman–Crippen MR) is 61.9 cm³/mol. The minimum Gasteiger partial charge on any atom is -0.307 e. The first-order valence-electron chi connectivity index (χ1n) is 4.09. The Morgan fingerprint density at radius 1 is 1.64 bits per heavy atom. The standard InChI is InChI=1S/C9H7BBrClN2/c1-9(10,12)7-5-14-3-2-6(11)4-8(14)13-7/h2-5H,1H3. The Hall–Kier alpha value is -0.475. The zero-order chi connectivity index (χ0) is 10.3. The molecule has 1 unspecified atom stereocenters. The van der Waals surface area contributed by atoms with Crippen LogP contribution in [-0.4, -0.2) is 17.2 Å². The van der Waals surface area contributed by atoms with Gasteiger partial charge in [0.15, 0.2) is 0 Å². The molecule has 0 saturated carbocycles. The molecule has 0 aliphatic rings. The fourth-order valence-electron chi connectivity index (χ4n) is 1.19. The van der Waals surface area contributed by atoms with E-state index in [0.717, 1.165) is 10.1 Å². The quantitative estimate of drug-likeness (QED) is 0.575. The van der Waals surface area contributed by atoms with Crippen LogP contribution in [0.4, 0.5) is 0 Å². The van der Waals surface area contributed by atoms with Gasteiger partial charge < -0.3 is 4.40 Å². The molecule has 70 valence electrons. The highest BCUT2D eigenvalue weighted by Gasteiger charge is 2.19. The van der Waals surface area contributed by atoms with Gasteiger partial charge in [0.05, 0.1) is 5.69 Å². The van der Waals surface area contributed by atoms with Crippen molar-refractivity contribution in [1.29, 1.82) is 0 Å². The van der Waals surface area contributed by atoms with E-state index in [2.05, 4.69) is 20.9 Å². The van der Waals surface area contributed by atoms with Gasteiger partial charge in [0.2, 0.25) is 0 Å². The van der Waals surface area contributed by atoms with E-state index >= 15 is 0 Å². The summed E-state index contributed by atoms with van der Waals surface area (Å²) in [6, 6.07) is 3.84. The molecule has 2 aromatic heterocycles. The van der Waals surface area contributed by atoms with Crippen LogP contribution in [0.5, 0.6) is 0 Å². The van der Waals surface area contributed by atoms with E-state index in [1.54, 1.807) is 6.92 Å². The summed E-state index contributed by atoms with van der Waals surface area (Å²) in [6.07, 6.45) is 3.73. The first-order valence-corrected chi connectivity index (χ1v) is 5.26. The number of imidazole rings is 1. The Labute approximate surface area is 96.8 Å². The van der Waals surface area contributed by atoms with Crippen LogP contribution in [0.25, 0.3) is 5.65 Å². The molecule has 2 radical (unpaired) electrons. The molecule has 5 heteroatoms. The molecule has 2 heterocycles. The van der Waals surface area contributed by atoms with Crippen molar-refractivity contribution in [3.63, 3.8) is 0 Å². The average Bonchev–Trinajstić information content (AvgIpc) is 2.45. The SMILES string of the molecule is [B]C(C)(Cl)c1cn2ccc(Br)cc2n1. The third-order valence-corrected chi connectivity index (χ3v) is 2.61. The maximum absolute atomic E-state index is 5.96. The molecular weight excluding hydrogens is 262 g/mol. The van der Waals surface area contributed by atoms with Crippen LogP contribution in [0.2, 0.25) is 0 Å². The molecule has 2 aromatic rings. The second-order valence-corrected chi connectivity index (χ2v) is 5.01. The van der Waals surface area contributed by atoms with Crippen molar-refractivity contribution in [3.05, 3.63) is 34.7 Å². The van der Waals surface area contributed by atoms with Crippen molar-refractivity contribution < 1.29 is 0 Å². The van der Waals surface area contributed by atoms with Crippen LogP contribution in [0, 0.1) is 0 Å². The lowest BCUT2D eigenvalue weighted by atomic mass is 9.86. The fraction of sp³-hybridized carbons (Fsp3) is 0.222. The van der Waals surface area contributed by atoms with Crippen molar-refractivity contribution in [3.8, 4) is 0 Å². The van der Waals surface area contributed by atoms with Gasteiger partial charge in [0.1, 0.15) is 13.5 Å². The van der Waals surface area contributed by atoms with E-state index in [1.165, 1.54) is 0 Å². The molecule has 0 bridgehead atoms. The number of fused-ring (bicyclic) bond motifs is 1. The van der Waals surface area contributed by atoms with Crippen LogP contribution in [0.15, 0.2) is 29.0 Å². The lowest BCUT2D eigenvalue weighted by Gasteiger charge is -2.11. The molecular formula is C9H7BBrClN2. The van der Waals surface area contributed by atoms with E-state index < -0.39 is 4.77 Å². The number of alkyl halides is 1. The molecule has 0 spiro atoms. The molecule has 14 heavy (non-hydrogen) atoms. The van der Waals surface area contributed by atoms with Gasteiger partial charge in [-0.1, -0.05) is 15.9 Å². The summed E-state index contributed by atoms with van der Waals surface area (Å²) in [6.45, 7) is 1.71. The third-order valence-electron chi connectivity index (χ3n) is 1.92. The van der Waals surface area contributed by atoms with E-state index in [4.69, 9.17) is 19.4 Å². The van der Waals surface area contributed by atoms with Gasteiger partial charge in [-0.2, -0.15) is 0 Å². The summed E-state index contributed by atoms with van der Waals surface area (Å²) in [5, 5.41) is 0. The zero-order valence-electron chi connectivity index (χ0n) is 7.54. The minimum atomic E-state index is -0.918. The molecule has 0 aliphatic carbocycles. The summed E-state index contributed by atoms with van der Waals surface area (Å²) < 4.78 is 1.95. The number of aromatic nitrogens is 2. The van der Waals surface area contributed by atoms with Crippen molar-refractivity contribution in [2.75, 3.05) is 0 Å². The van der Waals surface area contributed by atoms with Crippen LogP contribution in [0.3, 0.4) is 0 Å². The molecule has 0 saturated heterocycles. The number of hydrogen-bond acceptors (Lipinski definition) is 1. The molecule has 0 aliphatic heterocycles. The summed E-state index contributed by atoms with van der Waals surface area (Å²) in [5.74, 6) is 0. The third kappa shape index (κ3) is 1.81. The average molecular weight is 269 g/mol. The Bertz CT molecular complexity index is 475. The normalized spacial score (nSPS) is 15.6. The van der Waals surface area contributed by atoms with Crippen LogP contribution in [-0.2, 0) is 4.77 Å². The smallest absolute Gasteiger partial charge is 0.138 e. The number of halogens is 2. The molecule has 2 rings (SSSR count). The Morgan fingerprint density at radius 3 is 3.00 bits per heavy atom. The lowest BCUT2D eigenvalue weighted by molar-refractivity contribution is 0.927. The molecule has 0 fully saturated rings. The summed E-state index contributed by atoms with van der Waals surface area (Å²) >= 11 is 9.33. The maximum atomic E-state index is 5.96. The van der Waals surface area contributed by atoms with Gasteiger partial charge in [0, 0.05) is 21.6 Å². The molecule has 2 nitrogen and oxygen atoms in total. The van der Waals surface area contributed by atoms with Crippen molar-refractivity contribution in [2.24, 2.45) is 0 Å².